The van der Waals surface area contributed by atoms with Crippen LogP contribution in [-0.2, 0) is 62.6 Å². The number of hydrogen-bond acceptors (Lipinski definition) is 6. The second-order valence-electron chi connectivity index (χ2n) is 4.70. The quantitative estimate of drug-likeness (QED) is 0.324. The van der Waals surface area contributed by atoms with Gasteiger partial charge in [0.1, 0.15) is 24.4 Å². The zero-order valence-electron chi connectivity index (χ0n) is 16.1. The molecule has 0 amide bonds. The van der Waals surface area contributed by atoms with E-state index in [1.165, 1.54) is 13.8 Å². The Bertz CT molecular complexity index is 276. The minimum absolute atomic E-state index is 0. The summed E-state index contributed by atoms with van der Waals surface area (Å²) < 4.78 is 0. The number of aliphatic hydroxyl groups is 2. The summed E-state index contributed by atoms with van der Waals surface area (Å²) in [6.07, 6.45) is 3.35. The molecule has 4 N–H and O–H groups in total. The molecule has 0 aromatic rings. The van der Waals surface area contributed by atoms with Crippen LogP contribution in [0.1, 0.15) is 66.2 Å². The van der Waals surface area contributed by atoms with Gasteiger partial charge in [-0.25, -0.2) is 0 Å². The molecule has 0 aliphatic heterocycles. The monoisotopic (exact) mass is 448 g/mol. The van der Waals surface area contributed by atoms with Gasteiger partial charge >= 0.3 is 11.9 Å². The van der Waals surface area contributed by atoms with E-state index < -0.39 is 11.9 Å². The molecule has 0 radical (unpaired) electrons. The van der Waals surface area contributed by atoms with Crippen molar-refractivity contribution in [1.82, 2.24) is 0 Å². The number of carbonyl (C=O) groups excluding carboxylic acids is 2. The third-order valence-electron chi connectivity index (χ3n) is 1.82. The van der Waals surface area contributed by atoms with Crippen molar-refractivity contribution in [3.63, 3.8) is 0 Å². The molecule has 0 rings (SSSR count). The van der Waals surface area contributed by atoms with Crippen molar-refractivity contribution in [1.29, 1.82) is 0 Å². The van der Waals surface area contributed by atoms with Crippen LogP contribution >= 0.6 is 0 Å². The van der Waals surface area contributed by atoms with E-state index in [9.17, 15) is 19.2 Å². The van der Waals surface area contributed by atoms with Crippen LogP contribution in [0.4, 0.5) is 0 Å². The number of aliphatic hydroxyl groups excluding tert-OH is 2. The van der Waals surface area contributed by atoms with E-state index in [0.717, 1.165) is 25.7 Å². The summed E-state index contributed by atoms with van der Waals surface area (Å²) in [5.41, 5.74) is 0. The van der Waals surface area contributed by atoms with Gasteiger partial charge in [-0.2, -0.15) is 0 Å². The first-order valence-corrected chi connectivity index (χ1v) is 7.72. The predicted octanol–water partition coefficient (Wildman–Crippen LogP) is 1.65. The SMILES string of the molecule is CC(=O)CC(=O)O.CC(=O)CC(=O)O.CCCCO.CCCCO.[Ti].[Ti]. The Hall–Kier alpha value is -0.371. The van der Waals surface area contributed by atoms with Gasteiger partial charge in [0.05, 0.1) is 0 Å². The van der Waals surface area contributed by atoms with Crippen LogP contribution in [0.15, 0.2) is 0 Å². The van der Waals surface area contributed by atoms with E-state index in [-0.39, 0.29) is 67.8 Å². The maximum Gasteiger partial charge on any atom is 0.310 e. The Morgan fingerprint density at radius 2 is 0.885 bits per heavy atom. The summed E-state index contributed by atoms with van der Waals surface area (Å²) in [5, 5.41) is 31.9. The van der Waals surface area contributed by atoms with Gasteiger partial charge in [-0.15, -0.1) is 0 Å². The smallest absolute Gasteiger partial charge is 0.310 e. The van der Waals surface area contributed by atoms with E-state index >= 15 is 0 Å². The first kappa shape index (κ1) is 40.3. The Labute approximate surface area is 185 Å². The molecule has 0 aromatic carbocycles. The maximum atomic E-state index is 9.87. The molecule has 0 fully saturated rings. The van der Waals surface area contributed by atoms with E-state index in [1.807, 2.05) is 0 Å². The van der Waals surface area contributed by atoms with E-state index in [2.05, 4.69) is 13.8 Å². The van der Waals surface area contributed by atoms with Crippen molar-refractivity contribution in [2.24, 2.45) is 0 Å². The Morgan fingerprint density at radius 3 is 0.885 bits per heavy atom. The second kappa shape index (κ2) is 35.7. The van der Waals surface area contributed by atoms with Gasteiger partial charge in [0.15, 0.2) is 0 Å². The van der Waals surface area contributed by atoms with Crippen molar-refractivity contribution in [3.05, 3.63) is 0 Å². The third-order valence-corrected chi connectivity index (χ3v) is 1.82. The molecule has 0 spiro atoms. The van der Waals surface area contributed by atoms with E-state index in [0.29, 0.717) is 13.2 Å². The standard InChI is InChI=1S/2C4H6O3.2C4H10O.2Ti/c2*1-3(5)2-4(6)7;2*1-2-3-4-5;;/h2*2H2,1H3,(H,6,7);2*5H,2-4H2,1H3;;. The molecule has 8 nitrogen and oxygen atoms in total. The molecule has 0 saturated carbocycles. The van der Waals surface area contributed by atoms with Crippen molar-refractivity contribution >= 4 is 23.5 Å². The maximum absolute atomic E-state index is 9.87. The fourth-order valence-corrected chi connectivity index (χ4v) is 0.742. The number of ketones is 2. The fourth-order valence-electron chi connectivity index (χ4n) is 0.742. The normalized spacial score (nSPS) is 7.62. The third kappa shape index (κ3) is 89.5. The van der Waals surface area contributed by atoms with Crippen molar-refractivity contribution < 1.29 is 83.0 Å². The average Bonchev–Trinajstić information content (AvgIpc) is 2.39. The number of aliphatic carboxylic acids is 2. The van der Waals surface area contributed by atoms with Crippen LogP contribution in [0.5, 0.6) is 0 Å². The molecule has 26 heavy (non-hydrogen) atoms. The number of rotatable bonds is 8. The van der Waals surface area contributed by atoms with Crippen molar-refractivity contribution in [2.45, 2.75) is 66.2 Å². The summed E-state index contributed by atoms with van der Waals surface area (Å²) in [5.74, 6) is -2.75. The van der Waals surface area contributed by atoms with E-state index in [1.54, 1.807) is 0 Å². The molecule has 0 unspecified atom stereocenters. The average molecular weight is 448 g/mol. The number of carboxylic acids is 2. The molecule has 0 bridgehead atoms. The van der Waals surface area contributed by atoms with Crippen molar-refractivity contribution in [3.8, 4) is 0 Å². The van der Waals surface area contributed by atoms with Crippen LogP contribution in [0, 0.1) is 0 Å². The second-order valence-corrected chi connectivity index (χ2v) is 4.70. The molecule has 10 heteroatoms. The fraction of sp³-hybridized carbons (Fsp3) is 0.750. The number of hydrogen-bond donors (Lipinski definition) is 4. The molecule has 0 atom stereocenters. The Balaban J connectivity index is -0.0000000506. The van der Waals surface area contributed by atoms with Gasteiger partial charge in [-0.1, -0.05) is 26.7 Å². The molecule has 0 aliphatic carbocycles. The molecular weight excluding hydrogens is 416 g/mol. The summed E-state index contributed by atoms with van der Waals surface area (Å²) in [6, 6.07) is 0. The molecule has 0 aromatic heterocycles. The van der Waals surface area contributed by atoms with Crippen LogP contribution in [0.2, 0.25) is 0 Å². The molecule has 152 valence electrons. The number of Topliss-reactive ketones (excluding diaryl/α,β-unsaturated/α-hetero) is 2. The zero-order chi connectivity index (χ0) is 20.0. The molecule has 0 aliphatic rings. The van der Waals surface area contributed by atoms with Crippen LogP contribution in [-0.4, -0.2) is 57.1 Å². The number of carboxylic acid groups (broad SMARTS) is 2. The zero-order valence-corrected chi connectivity index (χ0v) is 19.2. The summed E-state index contributed by atoms with van der Waals surface area (Å²) in [7, 11) is 0. The first-order chi connectivity index (χ1) is 11.1. The van der Waals surface area contributed by atoms with Crippen LogP contribution in [0.3, 0.4) is 0 Å². The van der Waals surface area contributed by atoms with Crippen LogP contribution < -0.4 is 0 Å². The Morgan fingerprint density at radius 1 is 0.654 bits per heavy atom. The van der Waals surface area contributed by atoms with Crippen molar-refractivity contribution in [2.75, 3.05) is 13.2 Å². The summed E-state index contributed by atoms with van der Waals surface area (Å²) in [6.45, 7) is 7.28. The van der Waals surface area contributed by atoms with Gasteiger partial charge in [-0.05, 0) is 26.7 Å². The topological polar surface area (TPSA) is 149 Å². The van der Waals surface area contributed by atoms with Gasteiger partial charge in [-0.3, -0.25) is 19.2 Å². The minimum Gasteiger partial charge on any atom is -0.481 e. The number of unbranched alkanes of at least 4 members (excludes halogenated alkanes) is 2. The molecule has 0 heterocycles. The van der Waals surface area contributed by atoms with Gasteiger partial charge in [0, 0.05) is 56.6 Å². The molecular formula is C16H32O8Ti2. The first-order valence-electron chi connectivity index (χ1n) is 7.72. The number of carbonyl (C=O) groups is 4. The predicted molar refractivity (Wildman–Crippen MR) is 89.9 cm³/mol. The summed E-state index contributed by atoms with van der Waals surface area (Å²) >= 11 is 0. The van der Waals surface area contributed by atoms with Gasteiger partial charge in [0.25, 0.3) is 0 Å². The van der Waals surface area contributed by atoms with Crippen LogP contribution in [0.25, 0.3) is 0 Å². The van der Waals surface area contributed by atoms with Gasteiger partial charge < -0.3 is 20.4 Å². The summed E-state index contributed by atoms with van der Waals surface area (Å²) in [4.78, 5) is 38.9. The van der Waals surface area contributed by atoms with E-state index in [4.69, 9.17) is 20.4 Å². The molecule has 0 saturated heterocycles. The Kier molecular flexibility index (Phi) is 55.4. The van der Waals surface area contributed by atoms with Gasteiger partial charge in [0.2, 0.25) is 0 Å². The largest absolute Gasteiger partial charge is 0.481 e. The minimum atomic E-state index is -1.06.